The Labute approximate surface area is 194 Å². The molecule has 1 aliphatic heterocycles. The van der Waals surface area contributed by atoms with Gasteiger partial charge in [0.05, 0.1) is 14.2 Å². The summed E-state index contributed by atoms with van der Waals surface area (Å²) in [5, 5.41) is 14.8. The molecule has 1 saturated heterocycles. The number of rotatable bonds is 5. The molecule has 0 atom stereocenters. The zero-order valence-electron chi connectivity index (χ0n) is 17.8. The average molecular weight is 509 g/mol. The molecule has 1 aliphatic rings. The third-order valence-corrected chi connectivity index (χ3v) is 5.29. The van der Waals surface area contributed by atoms with Gasteiger partial charge in [0.1, 0.15) is 11.5 Å². The maximum absolute atomic E-state index is 12.7. The van der Waals surface area contributed by atoms with E-state index in [1.54, 1.807) is 20.3 Å². The molecule has 10 heteroatoms. The van der Waals surface area contributed by atoms with Crippen LogP contribution in [0.3, 0.4) is 0 Å². The fourth-order valence-electron chi connectivity index (χ4n) is 3.16. The van der Waals surface area contributed by atoms with Crippen LogP contribution in [0, 0.1) is 0 Å². The normalized spacial score (nSPS) is 13.5. The molecule has 0 saturated carbocycles. The number of carbonyl (C=O) groups is 3. The molecule has 3 rings (SSSR count). The van der Waals surface area contributed by atoms with Crippen LogP contribution in [0.25, 0.3) is 0 Å². The molecular weight excluding hydrogens is 484 g/mol. The highest BCUT2D eigenvalue weighted by molar-refractivity contribution is 9.10. The quantitative estimate of drug-likeness (QED) is 0.591. The van der Waals surface area contributed by atoms with Crippen LogP contribution >= 0.6 is 15.9 Å². The van der Waals surface area contributed by atoms with Crippen molar-refractivity contribution in [1.29, 1.82) is 0 Å². The van der Waals surface area contributed by atoms with E-state index in [2.05, 4.69) is 26.9 Å². The molecule has 9 nitrogen and oxygen atoms in total. The van der Waals surface area contributed by atoms with Gasteiger partial charge in [0.15, 0.2) is 0 Å². The molecule has 32 heavy (non-hydrogen) atoms. The molecule has 0 spiro atoms. The summed E-state index contributed by atoms with van der Waals surface area (Å²) in [6, 6.07) is 13.4. The molecule has 0 aromatic heterocycles. The second-order valence-corrected chi connectivity index (χ2v) is 7.78. The first-order valence-electron chi connectivity index (χ1n) is 9.69. The van der Waals surface area contributed by atoms with Crippen LogP contribution < -0.4 is 9.47 Å². The van der Waals surface area contributed by atoms with E-state index in [9.17, 15) is 4.79 Å². The average Bonchev–Trinajstić information content (AvgIpc) is 2.79. The number of nitrogens with zero attached hydrogens (tertiary/aromatic N) is 2. The zero-order valence-corrected chi connectivity index (χ0v) is 19.4. The summed E-state index contributed by atoms with van der Waals surface area (Å²) in [5.41, 5.74) is 1.82. The van der Waals surface area contributed by atoms with Crippen LogP contribution in [0.5, 0.6) is 11.5 Å². The third kappa shape index (κ3) is 7.24. The molecule has 0 radical (unpaired) electrons. The summed E-state index contributed by atoms with van der Waals surface area (Å²) in [5.74, 6) is -1.99. The van der Waals surface area contributed by atoms with E-state index < -0.39 is 11.9 Å². The number of carboxylic acid groups (broad SMARTS) is 2. The summed E-state index contributed by atoms with van der Waals surface area (Å²) >= 11 is 3.52. The minimum absolute atomic E-state index is 0.0589. The van der Waals surface area contributed by atoms with Crippen LogP contribution in [0.15, 0.2) is 46.9 Å². The number of hydrogen-bond donors (Lipinski definition) is 2. The number of halogens is 1. The fourth-order valence-corrected chi connectivity index (χ4v) is 3.57. The predicted molar refractivity (Wildman–Crippen MR) is 120 cm³/mol. The third-order valence-electron chi connectivity index (χ3n) is 4.80. The lowest BCUT2D eigenvalue weighted by Crippen LogP contribution is -2.48. The van der Waals surface area contributed by atoms with Crippen molar-refractivity contribution < 1.29 is 34.1 Å². The largest absolute Gasteiger partial charge is 0.497 e. The van der Waals surface area contributed by atoms with Crippen LogP contribution in [-0.4, -0.2) is 78.3 Å². The van der Waals surface area contributed by atoms with Gasteiger partial charge in [-0.05, 0) is 36.4 Å². The highest BCUT2D eigenvalue weighted by Gasteiger charge is 2.23. The smallest absolute Gasteiger partial charge is 0.414 e. The Kier molecular flexibility index (Phi) is 9.48. The van der Waals surface area contributed by atoms with Crippen molar-refractivity contribution in [2.75, 3.05) is 40.4 Å². The molecule has 0 bridgehead atoms. The van der Waals surface area contributed by atoms with Gasteiger partial charge in [-0.3, -0.25) is 9.69 Å². The Morgan fingerprint density at radius 2 is 1.59 bits per heavy atom. The van der Waals surface area contributed by atoms with Crippen molar-refractivity contribution in [1.82, 2.24) is 9.80 Å². The Morgan fingerprint density at radius 3 is 2.16 bits per heavy atom. The van der Waals surface area contributed by atoms with Gasteiger partial charge in [0, 0.05) is 48.3 Å². The van der Waals surface area contributed by atoms with Crippen LogP contribution in [0.1, 0.15) is 15.9 Å². The van der Waals surface area contributed by atoms with Gasteiger partial charge in [-0.2, -0.15) is 0 Å². The Bertz CT molecular complexity index is 947. The van der Waals surface area contributed by atoms with Crippen LogP contribution in [0.4, 0.5) is 0 Å². The number of methoxy groups -OCH3 is 2. The first-order valence-corrected chi connectivity index (χ1v) is 10.5. The van der Waals surface area contributed by atoms with E-state index in [4.69, 9.17) is 29.3 Å². The van der Waals surface area contributed by atoms with Gasteiger partial charge in [-0.15, -0.1) is 0 Å². The monoisotopic (exact) mass is 508 g/mol. The lowest BCUT2D eigenvalue weighted by Gasteiger charge is -2.35. The molecule has 1 fully saturated rings. The van der Waals surface area contributed by atoms with Gasteiger partial charge in [0.2, 0.25) is 0 Å². The Balaban J connectivity index is 0.000000534. The molecule has 172 valence electrons. The molecule has 1 heterocycles. The van der Waals surface area contributed by atoms with Crippen molar-refractivity contribution in [2.24, 2.45) is 0 Å². The predicted octanol–water partition coefficient (Wildman–Crippen LogP) is 2.58. The minimum atomic E-state index is -1.82. The second kappa shape index (κ2) is 12.1. The number of carboxylic acids is 2. The standard InChI is InChI=1S/C20H23BrN2O3.C2H2O4/c1-25-18-5-3-4-15(13-18)20(24)23-10-8-22(9-11-23)14-16-12-17(21)6-7-19(16)26-2;3-1(4)2(5)6/h3-7,12-13H,8-11,14H2,1-2H3;(H,3,4)(H,5,6). The molecular formula is C22H25BrN2O7. The fraction of sp³-hybridized carbons (Fsp3) is 0.318. The highest BCUT2D eigenvalue weighted by Crippen LogP contribution is 2.25. The lowest BCUT2D eigenvalue weighted by atomic mass is 10.1. The van der Waals surface area contributed by atoms with Crippen molar-refractivity contribution in [3.8, 4) is 11.5 Å². The topological polar surface area (TPSA) is 117 Å². The Morgan fingerprint density at radius 1 is 0.938 bits per heavy atom. The zero-order chi connectivity index (χ0) is 23.7. The first kappa shape index (κ1) is 25.2. The van der Waals surface area contributed by atoms with Crippen LogP contribution in [0.2, 0.25) is 0 Å². The maximum Gasteiger partial charge on any atom is 0.414 e. The van der Waals surface area contributed by atoms with Crippen LogP contribution in [-0.2, 0) is 16.1 Å². The number of amides is 1. The maximum atomic E-state index is 12.7. The molecule has 0 aliphatic carbocycles. The van der Waals surface area contributed by atoms with Crippen molar-refractivity contribution in [3.63, 3.8) is 0 Å². The van der Waals surface area contributed by atoms with E-state index in [0.717, 1.165) is 35.4 Å². The SMILES string of the molecule is COc1cccc(C(=O)N2CCN(Cc3cc(Br)ccc3OC)CC2)c1.O=C(O)C(=O)O. The summed E-state index contributed by atoms with van der Waals surface area (Å²) in [6.07, 6.45) is 0. The summed E-state index contributed by atoms with van der Waals surface area (Å²) < 4.78 is 11.7. The molecule has 2 aromatic carbocycles. The number of ether oxygens (including phenoxy) is 2. The van der Waals surface area contributed by atoms with E-state index in [-0.39, 0.29) is 5.91 Å². The van der Waals surface area contributed by atoms with Gasteiger partial charge in [-0.25, -0.2) is 9.59 Å². The lowest BCUT2D eigenvalue weighted by molar-refractivity contribution is -0.159. The number of carbonyl (C=O) groups excluding carboxylic acids is 1. The highest BCUT2D eigenvalue weighted by atomic mass is 79.9. The first-order chi connectivity index (χ1) is 15.2. The summed E-state index contributed by atoms with van der Waals surface area (Å²) in [6.45, 7) is 3.92. The minimum Gasteiger partial charge on any atom is -0.497 e. The second-order valence-electron chi connectivity index (χ2n) is 6.87. The number of piperazine rings is 1. The number of benzene rings is 2. The van der Waals surface area contributed by atoms with E-state index in [1.165, 1.54) is 0 Å². The molecule has 1 amide bonds. The number of hydrogen-bond acceptors (Lipinski definition) is 6. The van der Waals surface area contributed by atoms with E-state index >= 15 is 0 Å². The van der Waals surface area contributed by atoms with E-state index in [0.29, 0.717) is 24.4 Å². The molecule has 2 aromatic rings. The summed E-state index contributed by atoms with van der Waals surface area (Å²) in [7, 11) is 3.30. The molecule has 0 unspecified atom stereocenters. The Hall–Kier alpha value is -3.11. The molecule has 2 N–H and O–H groups in total. The van der Waals surface area contributed by atoms with Crippen molar-refractivity contribution in [2.45, 2.75) is 6.54 Å². The van der Waals surface area contributed by atoms with Gasteiger partial charge in [0.25, 0.3) is 5.91 Å². The van der Waals surface area contributed by atoms with Gasteiger partial charge < -0.3 is 24.6 Å². The number of aliphatic carboxylic acids is 2. The summed E-state index contributed by atoms with van der Waals surface area (Å²) in [4.78, 5) is 35.2. The van der Waals surface area contributed by atoms with E-state index in [1.807, 2.05) is 35.2 Å². The van der Waals surface area contributed by atoms with Crippen molar-refractivity contribution in [3.05, 3.63) is 58.1 Å². The van der Waals surface area contributed by atoms with Gasteiger partial charge in [-0.1, -0.05) is 22.0 Å². The van der Waals surface area contributed by atoms with Gasteiger partial charge >= 0.3 is 11.9 Å². The van der Waals surface area contributed by atoms with Crippen molar-refractivity contribution >= 4 is 33.8 Å².